The van der Waals surface area contributed by atoms with E-state index in [0.717, 1.165) is 28.9 Å². The van der Waals surface area contributed by atoms with Crippen molar-refractivity contribution in [2.75, 3.05) is 13.7 Å². The summed E-state index contributed by atoms with van der Waals surface area (Å²) in [6.45, 7) is 3.14. The van der Waals surface area contributed by atoms with E-state index in [4.69, 9.17) is 9.84 Å². The highest BCUT2D eigenvalue weighted by molar-refractivity contribution is 5.98. The first-order valence-corrected chi connectivity index (χ1v) is 9.13. The number of ether oxygens (including phenoxy) is 1. The van der Waals surface area contributed by atoms with Crippen molar-refractivity contribution in [2.24, 2.45) is 7.05 Å². The first-order valence-electron chi connectivity index (χ1n) is 9.13. The lowest BCUT2D eigenvalue weighted by atomic mass is 9.98. The number of fused-ring (bicyclic) bond motifs is 1. The van der Waals surface area contributed by atoms with Crippen LogP contribution in [0.5, 0.6) is 5.75 Å². The van der Waals surface area contributed by atoms with Gasteiger partial charge in [-0.1, -0.05) is 42.5 Å². The lowest BCUT2D eigenvalue weighted by Crippen LogP contribution is -2.36. The minimum atomic E-state index is 0.00233. The molecule has 138 valence electrons. The summed E-state index contributed by atoms with van der Waals surface area (Å²) in [4.78, 5) is 15.1. The van der Waals surface area contributed by atoms with Crippen LogP contribution in [-0.4, -0.2) is 34.2 Å². The predicted octanol–water partition coefficient (Wildman–Crippen LogP) is 3.60. The van der Waals surface area contributed by atoms with Gasteiger partial charge in [-0.05, 0) is 25.0 Å². The zero-order valence-electron chi connectivity index (χ0n) is 15.9. The number of methoxy groups -OCH3 is 1. The molecule has 4 rings (SSSR count). The minimum absolute atomic E-state index is 0.00233. The number of carbonyl (C=O) groups excluding carboxylic acids is 1. The maximum absolute atomic E-state index is 13.2. The zero-order valence-corrected chi connectivity index (χ0v) is 15.9. The van der Waals surface area contributed by atoms with Gasteiger partial charge in [-0.2, -0.15) is 5.10 Å². The standard InChI is InChI=1S/C22H23N3O2/c1-15-8-7-11-19(27-3)20(15)22(26)25-13-12-17-18(14-25)23-24(2)21(17)16-9-5-4-6-10-16/h4-11H,12-14H2,1-3H3. The van der Waals surface area contributed by atoms with Crippen LogP contribution in [0, 0.1) is 6.92 Å². The van der Waals surface area contributed by atoms with E-state index in [0.29, 0.717) is 24.4 Å². The molecule has 0 bridgehead atoms. The Morgan fingerprint density at radius 1 is 1.11 bits per heavy atom. The average molecular weight is 361 g/mol. The maximum atomic E-state index is 13.2. The van der Waals surface area contributed by atoms with Crippen molar-refractivity contribution in [1.82, 2.24) is 14.7 Å². The fraction of sp³-hybridized carbons (Fsp3) is 0.273. The van der Waals surface area contributed by atoms with E-state index >= 15 is 0 Å². The first-order chi connectivity index (χ1) is 13.1. The lowest BCUT2D eigenvalue weighted by Gasteiger charge is -2.28. The summed E-state index contributed by atoms with van der Waals surface area (Å²) in [5, 5.41) is 4.71. The molecule has 0 fully saturated rings. The Bertz CT molecular complexity index is 992. The summed E-state index contributed by atoms with van der Waals surface area (Å²) in [5.41, 5.74) is 6.09. The molecule has 0 saturated heterocycles. The number of aromatic nitrogens is 2. The van der Waals surface area contributed by atoms with Crippen LogP contribution in [-0.2, 0) is 20.0 Å². The quantitative estimate of drug-likeness (QED) is 0.716. The number of aryl methyl sites for hydroxylation is 2. The van der Waals surface area contributed by atoms with Crippen LogP contribution in [0.15, 0.2) is 48.5 Å². The van der Waals surface area contributed by atoms with Gasteiger partial charge in [0.05, 0.1) is 30.6 Å². The molecular weight excluding hydrogens is 338 g/mol. The van der Waals surface area contributed by atoms with Gasteiger partial charge < -0.3 is 9.64 Å². The van der Waals surface area contributed by atoms with Gasteiger partial charge in [0, 0.05) is 24.7 Å². The third kappa shape index (κ3) is 2.99. The monoisotopic (exact) mass is 361 g/mol. The topological polar surface area (TPSA) is 47.4 Å². The molecule has 1 aromatic heterocycles. The molecule has 0 radical (unpaired) electrons. The minimum Gasteiger partial charge on any atom is -0.496 e. The molecule has 0 aliphatic carbocycles. The molecule has 1 aliphatic heterocycles. The van der Waals surface area contributed by atoms with Gasteiger partial charge in [-0.3, -0.25) is 9.48 Å². The van der Waals surface area contributed by atoms with Crippen molar-refractivity contribution < 1.29 is 9.53 Å². The second kappa shape index (κ2) is 6.91. The van der Waals surface area contributed by atoms with E-state index in [2.05, 4.69) is 12.1 Å². The van der Waals surface area contributed by atoms with Gasteiger partial charge in [0.15, 0.2) is 0 Å². The van der Waals surface area contributed by atoms with Crippen molar-refractivity contribution in [1.29, 1.82) is 0 Å². The fourth-order valence-corrected chi connectivity index (χ4v) is 3.89. The molecule has 1 amide bonds. The summed E-state index contributed by atoms with van der Waals surface area (Å²) in [6.07, 6.45) is 0.799. The number of amides is 1. The van der Waals surface area contributed by atoms with Gasteiger partial charge in [0.2, 0.25) is 0 Å². The van der Waals surface area contributed by atoms with Crippen molar-refractivity contribution in [3.05, 3.63) is 70.9 Å². The highest BCUT2D eigenvalue weighted by atomic mass is 16.5. The molecule has 2 heterocycles. The molecule has 0 unspecified atom stereocenters. The van der Waals surface area contributed by atoms with Crippen LogP contribution in [0.1, 0.15) is 27.2 Å². The lowest BCUT2D eigenvalue weighted by molar-refractivity contribution is 0.0728. The number of carbonyl (C=O) groups is 1. The molecule has 3 aromatic rings. The number of rotatable bonds is 3. The second-order valence-corrected chi connectivity index (χ2v) is 6.89. The molecule has 1 aliphatic rings. The summed E-state index contributed by atoms with van der Waals surface area (Å²) >= 11 is 0. The summed E-state index contributed by atoms with van der Waals surface area (Å²) in [5.74, 6) is 0.624. The maximum Gasteiger partial charge on any atom is 0.258 e. The van der Waals surface area contributed by atoms with Crippen molar-refractivity contribution in [2.45, 2.75) is 19.9 Å². The summed E-state index contributed by atoms with van der Waals surface area (Å²) < 4.78 is 7.35. The van der Waals surface area contributed by atoms with Crippen molar-refractivity contribution in [3.8, 4) is 17.0 Å². The van der Waals surface area contributed by atoms with Crippen LogP contribution in [0.4, 0.5) is 0 Å². The smallest absolute Gasteiger partial charge is 0.258 e. The predicted molar refractivity (Wildman–Crippen MR) is 105 cm³/mol. The molecule has 27 heavy (non-hydrogen) atoms. The molecule has 0 atom stereocenters. The summed E-state index contributed by atoms with van der Waals surface area (Å²) in [6, 6.07) is 16.0. The largest absolute Gasteiger partial charge is 0.496 e. The third-order valence-corrected chi connectivity index (χ3v) is 5.20. The van der Waals surface area contributed by atoms with Gasteiger partial charge >= 0.3 is 0 Å². The van der Waals surface area contributed by atoms with Crippen LogP contribution >= 0.6 is 0 Å². The van der Waals surface area contributed by atoms with Crippen LogP contribution < -0.4 is 4.74 Å². The Morgan fingerprint density at radius 3 is 2.63 bits per heavy atom. The van der Waals surface area contributed by atoms with Crippen LogP contribution in [0.25, 0.3) is 11.3 Å². The van der Waals surface area contributed by atoms with Gasteiger partial charge in [-0.15, -0.1) is 0 Å². The molecule has 0 saturated carbocycles. The molecule has 5 heteroatoms. The summed E-state index contributed by atoms with van der Waals surface area (Å²) in [7, 11) is 3.57. The Balaban J connectivity index is 1.66. The highest BCUT2D eigenvalue weighted by Gasteiger charge is 2.29. The molecular formula is C22H23N3O2. The molecule has 0 spiro atoms. The van der Waals surface area contributed by atoms with Gasteiger partial charge in [0.25, 0.3) is 5.91 Å². The Morgan fingerprint density at radius 2 is 1.89 bits per heavy atom. The van der Waals surface area contributed by atoms with E-state index in [1.807, 2.05) is 60.0 Å². The first kappa shape index (κ1) is 17.3. The Labute approximate surface area is 159 Å². The number of hydrogen-bond acceptors (Lipinski definition) is 3. The van der Waals surface area contributed by atoms with Gasteiger partial charge in [-0.25, -0.2) is 0 Å². The molecule has 5 nitrogen and oxygen atoms in total. The molecule has 2 aromatic carbocycles. The average Bonchev–Trinajstić information content (AvgIpc) is 3.02. The number of benzene rings is 2. The van der Waals surface area contributed by atoms with Crippen molar-refractivity contribution >= 4 is 5.91 Å². The Hall–Kier alpha value is -3.08. The van der Waals surface area contributed by atoms with E-state index in [1.165, 1.54) is 5.56 Å². The third-order valence-electron chi connectivity index (χ3n) is 5.20. The van der Waals surface area contributed by atoms with E-state index in [-0.39, 0.29) is 5.91 Å². The van der Waals surface area contributed by atoms with Gasteiger partial charge in [0.1, 0.15) is 5.75 Å². The second-order valence-electron chi connectivity index (χ2n) is 6.89. The van der Waals surface area contributed by atoms with Crippen LogP contribution in [0.2, 0.25) is 0 Å². The Kier molecular flexibility index (Phi) is 4.44. The fourth-order valence-electron chi connectivity index (χ4n) is 3.89. The van der Waals surface area contributed by atoms with Crippen LogP contribution in [0.3, 0.4) is 0 Å². The van der Waals surface area contributed by atoms with E-state index in [9.17, 15) is 4.79 Å². The van der Waals surface area contributed by atoms with E-state index in [1.54, 1.807) is 7.11 Å². The van der Waals surface area contributed by atoms with Crippen molar-refractivity contribution in [3.63, 3.8) is 0 Å². The number of nitrogens with zero attached hydrogens (tertiary/aromatic N) is 3. The number of hydrogen-bond donors (Lipinski definition) is 0. The normalized spacial score (nSPS) is 13.4. The SMILES string of the molecule is COc1cccc(C)c1C(=O)N1CCc2c(nn(C)c2-c2ccccc2)C1. The zero-order chi connectivity index (χ0) is 19.0. The molecule has 0 N–H and O–H groups in total. The highest BCUT2D eigenvalue weighted by Crippen LogP contribution is 2.31. The van der Waals surface area contributed by atoms with E-state index < -0.39 is 0 Å².